The predicted molar refractivity (Wildman–Crippen MR) is 109 cm³/mol. The standard InChI is InChI=1S/C21H37NO7/c1-19(2,3)27-16(23)15(13-11-12-14-26-10)22(17(24)28-20(4,5)6)18(25)29-21(7,8)9/h12,14-15H,11,13H2,1-10H3/b14-12+/t15-/m0/s1. The molecule has 0 aromatic heterocycles. The van der Waals surface area contributed by atoms with Gasteiger partial charge in [0.25, 0.3) is 0 Å². The van der Waals surface area contributed by atoms with Gasteiger partial charge in [0, 0.05) is 0 Å². The summed E-state index contributed by atoms with van der Waals surface area (Å²) < 4.78 is 21.0. The van der Waals surface area contributed by atoms with E-state index in [1.165, 1.54) is 13.4 Å². The number of amides is 2. The van der Waals surface area contributed by atoms with E-state index < -0.39 is 41.0 Å². The third-order valence-corrected chi connectivity index (χ3v) is 3.01. The van der Waals surface area contributed by atoms with Crippen molar-refractivity contribution >= 4 is 18.2 Å². The van der Waals surface area contributed by atoms with E-state index in [1.807, 2.05) is 0 Å². The Labute approximate surface area is 174 Å². The number of nitrogens with zero attached hydrogens (tertiary/aromatic N) is 1. The van der Waals surface area contributed by atoms with Crippen molar-refractivity contribution in [1.29, 1.82) is 0 Å². The third kappa shape index (κ3) is 12.0. The van der Waals surface area contributed by atoms with Gasteiger partial charge in [0.15, 0.2) is 0 Å². The molecule has 0 N–H and O–H groups in total. The highest BCUT2D eigenvalue weighted by atomic mass is 16.6. The molecule has 0 heterocycles. The molecule has 0 saturated carbocycles. The zero-order valence-electron chi connectivity index (χ0n) is 19.5. The van der Waals surface area contributed by atoms with Gasteiger partial charge in [-0.25, -0.2) is 14.4 Å². The fourth-order valence-corrected chi connectivity index (χ4v) is 2.09. The predicted octanol–water partition coefficient (Wildman–Crippen LogP) is 4.81. The molecule has 0 aliphatic heterocycles. The Balaban J connectivity index is 5.99. The van der Waals surface area contributed by atoms with E-state index in [9.17, 15) is 14.4 Å². The van der Waals surface area contributed by atoms with Crippen molar-refractivity contribution in [3.05, 3.63) is 12.3 Å². The molecule has 0 aromatic carbocycles. The quantitative estimate of drug-likeness (QED) is 0.349. The number of ether oxygens (including phenoxy) is 4. The summed E-state index contributed by atoms with van der Waals surface area (Å²) in [6.45, 7) is 15.1. The summed E-state index contributed by atoms with van der Waals surface area (Å²) in [6.07, 6.45) is 1.67. The minimum atomic E-state index is -1.22. The van der Waals surface area contributed by atoms with Gasteiger partial charge in [0.05, 0.1) is 13.4 Å². The zero-order valence-corrected chi connectivity index (χ0v) is 19.5. The number of methoxy groups -OCH3 is 1. The van der Waals surface area contributed by atoms with E-state index in [1.54, 1.807) is 68.4 Å². The van der Waals surface area contributed by atoms with Crippen LogP contribution in [0.3, 0.4) is 0 Å². The molecule has 2 amide bonds. The van der Waals surface area contributed by atoms with Crippen molar-refractivity contribution in [2.45, 2.75) is 98.0 Å². The first-order chi connectivity index (χ1) is 13.0. The molecule has 0 aliphatic carbocycles. The number of carbonyl (C=O) groups is 3. The van der Waals surface area contributed by atoms with Crippen LogP contribution in [0.4, 0.5) is 9.59 Å². The van der Waals surface area contributed by atoms with E-state index >= 15 is 0 Å². The topological polar surface area (TPSA) is 91.4 Å². The molecule has 8 heteroatoms. The molecule has 29 heavy (non-hydrogen) atoms. The maximum absolute atomic E-state index is 12.9. The summed E-state index contributed by atoms with van der Waals surface area (Å²) in [7, 11) is 1.50. The average Bonchev–Trinajstić information content (AvgIpc) is 2.44. The molecular weight excluding hydrogens is 378 g/mol. The second-order valence-electron chi connectivity index (χ2n) is 9.56. The molecule has 0 aromatic rings. The Hall–Kier alpha value is -2.25. The van der Waals surface area contributed by atoms with Crippen molar-refractivity contribution < 1.29 is 33.3 Å². The van der Waals surface area contributed by atoms with Gasteiger partial charge in [-0.15, -0.1) is 0 Å². The van der Waals surface area contributed by atoms with Crippen molar-refractivity contribution in [2.75, 3.05) is 7.11 Å². The summed E-state index contributed by atoms with van der Waals surface area (Å²) in [5, 5.41) is 0. The van der Waals surface area contributed by atoms with Gasteiger partial charge in [0.1, 0.15) is 22.8 Å². The lowest BCUT2D eigenvalue weighted by Gasteiger charge is -2.33. The lowest BCUT2D eigenvalue weighted by Crippen LogP contribution is -2.53. The van der Waals surface area contributed by atoms with Crippen LogP contribution in [0.2, 0.25) is 0 Å². The van der Waals surface area contributed by atoms with Crippen molar-refractivity contribution in [3.63, 3.8) is 0 Å². The molecule has 0 bridgehead atoms. The van der Waals surface area contributed by atoms with Crippen LogP contribution in [-0.4, -0.2) is 53.0 Å². The Morgan fingerprint density at radius 3 is 1.55 bits per heavy atom. The van der Waals surface area contributed by atoms with E-state index in [4.69, 9.17) is 18.9 Å². The second kappa shape index (κ2) is 10.5. The van der Waals surface area contributed by atoms with Gasteiger partial charge in [0.2, 0.25) is 0 Å². The van der Waals surface area contributed by atoms with Crippen LogP contribution in [0, 0.1) is 0 Å². The largest absolute Gasteiger partial charge is 0.505 e. The molecule has 0 spiro atoms. The van der Waals surface area contributed by atoms with Gasteiger partial charge < -0.3 is 18.9 Å². The van der Waals surface area contributed by atoms with Crippen molar-refractivity contribution in [2.24, 2.45) is 0 Å². The monoisotopic (exact) mass is 415 g/mol. The number of hydrogen-bond acceptors (Lipinski definition) is 7. The molecule has 168 valence electrons. The number of imide groups is 1. The summed E-state index contributed by atoms with van der Waals surface area (Å²) in [5.41, 5.74) is -2.54. The van der Waals surface area contributed by atoms with Crippen LogP contribution in [0.5, 0.6) is 0 Å². The van der Waals surface area contributed by atoms with Crippen molar-refractivity contribution in [3.8, 4) is 0 Å². The van der Waals surface area contributed by atoms with Gasteiger partial charge >= 0.3 is 18.2 Å². The Bertz CT molecular complexity index is 564. The van der Waals surface area contributed by atoms with E-state index in [0.29, 0.717) is 11.3 Å². The minimum absolute atomic E-state index is 0.118. The molecule has 8 nitrogen and oxygen atoms in total. The highest BCUT2D eigenvalue weighted by molar-refractivity contribution is 5.94. The average molecular weight is 416 g/mol. The maximum atomic E-state index is 12.9. The smallest absolute Gasteiger partial charge is 0.420 e. The fraction of sp³-hybridized carbons (Fsp3) is 0.762. The highest BCUT2D eigenvalue weighted by Gasteiger charge is 2.41. The summed E-state index contributed by atoms with van der Waals surface area (Å²) in [6, 6.07) is -1.22. The SMILES string of the molecule is CO/C=C/CC[C@@H](C(=O)OC(C)(C)C)N(C(=O)OC(C)(C)C)C(=O)OC(C)(C)C. The third-order valence-electron chi connectivity index (χ3n) is 3.01. The Kier molecular flexibility index (Phi) is 9.69. The molecule has 0 aliphatic rings. The number of allylic oxidation sites excluding steroid dienone is 1. The van der Waals surface area contributed by atoms with E-state index in [-0.39, 0.29) is 6.42 Å². The van der Waals surface area contributed by atoms with Crippen LogP contribution in [0.15, 0.2) is 12.3 Å². The number of rotatable bonds is 6. The molecule has 0 rings (SSSR count). The van der Waals surface area contributed by atoms with Gasteiger partial charge in [-0.05, 0) is 81.2 Å². The number of esters is 1. The first-order valence-electron chi connectivity index (χ1n) is 9.62. The van der Waals surface area contributed by atoms with Gasteiger partial charge in [-0.1, -0.05) is 0 Å². The lowest BCUT2D eigenvalue weighted by molar-refractivity contribution is -0.161. The summed E-state index contributed by atoms with van der Waals surface area (Å²) in [5.74, 6) is -0.722. The summed E-state index contributed by atoms with van der Waals surface area (Å²) >= 11 is 0. The second-order valence-corrected chi connectivity index (χ2v) is 9.56. The zero-order chi connectivity index (χ0) is 23.0. The molecular formula is C21H37NO7. The molecule has 0 unspecified atom stereocenters. The van der Waals surface area contributed by atoms with Gasteiger partial charge in [-0.2, -0.15) is 4.90 Å². The normalized spacial score (nSPS) is 13.6. The Morgan fingerprint density at radius 1 is 0.793 bits per heavy atom. The number of carbonyl (C=O) groups excluding carboxylic acids is 3. The van der Waals surface area contributed by atoms with Crippen LogP contribution < -0.4 is 0 Å². The van der Waals surface area contributed by atoms with Crippen molar-refractivity contribution in [1.82, 2.24) is 4.90 Å². The lowest BCUT2D eigenvalue weighted by atomic mass is 10.1. The Morgan fingerprint density at radius 2 is 1.21 bits per heavy atom. The molecule has 0 fully saturated rings. The molecule has 0 saturated heterocycles. The molecule has 0 radical (unpaired) electrons. The maximum Gasteiger partial charge on any atom is 0.420 e. The molecule has 1 atom stereocenters. The van der Waals surface area contributed by atoms with Gasteiger partial charge in [-0.3, -0.25) is 0 Å². The number of hydrogen-bond donors (Lipinski definition) is 0. The minimum Gasteiger partial charge on any atom is -0.505 e. The van der Waals surface area contributed by atoms with Crippen LogP contribution in [0.1, 0.15) is 75.2 Å². The first kappa shape index (κ1) is 26.8. The van der Waals surface area contributed by atoms with E-state index in [0.717, 1.165) is 0 Å². The van der Waals surface area contributed by atoms with E-state index in [2.05, 4.69) is 0 Å². The highest BCUT2D eigenvalue weighted by Crippen LogP contribution is 2.22. The first-order valence-corrected chi connectivity index (χ1v) is 9.62. The van der Waals surface area contributed by atoms with Crippen LogP contribution >= 0.6 is 0 Å². The van der Waals surface area contributed by atoms with Crippen LogP contribution in [-0.2, 0) is 23.7 Å². The summed E-state index contributed by atoms with van der Waals surface area (Å²) in [4.78, 5) is 39.2. The fourth-order valence-electron chi connectivity index (χ4n) is 2.09. The van der Waals surface area contributed by atoms with Crippen LogP contribution in [0.25, 0.3) is 0 Å².